The van der Waals surface area contributed by atoms with E-state index in [4.69, 9.17) is 18.9 Å². The molecule has 2 amide bonds. The van der Waals surface area contributed by atoms with Gasteiger partial charge in [0.1, 0.15) is 11.3 Å². The van der Waals surface area contributed by atoms with E-state index in [0.29, 0.717) is 72.0 Å². The average Bonchev–Trinajstić information content (AvgIpc) is 2.91. The van der Waals surface area contributed by atoms with Crippen LogP contribution in [0.1, 0.15) is 0 Å². The fourth-order valence-electron chi connectivity index (χ4n) is 3.67. The number of anilines is 3. The third kappa shape index (κ3) is 6.17. The number of ether oxygens (including phenoxy) is 4. The third-order valence-electron chi connectivity index (χ3n) is 5.55. The molecule has 0 saturated carbocycles. The van der Waals surface area contributed by atoms with Crippen molar-refractivity contribution in [2.24, 2.45) is 0 Å². The van der Waals surface area contributed by atoms with Crippen molar-refractivity contribution in [3.63, 3.8) is 0 Å². The van der Waals surface area contributed by atoms with Crippen molar-refractivity contribution in [1.82, 2.24) is 24.2 Å². The van der Waals surface area contributed by atoms with Gasteiger partial charge in [0.15, 0.2) is 23.0 Å². The number of pyridine rings is 1. The monoisotopic (exact) mass is 515 g/mol. The molecule has 0 radical (unpaired) electrons. The summed E-state index contributed by atoms with van der Waals surface area (Å²) >= 11 is 4.32. The van der Waals surface area contributed by atoms with Crippen molar-refractivity contribution in [3.8, 4) is 17.2 Å². The Labute approximate surface area is 214 Å². The molecule has 36 heavy (non-hydrogen) atoms. The van der Waals surface area contributed by atoms with Gasteiger partial charge in [0.2, 0.25) is 5.75 Å². The van der Waals surface area contributed by atoms with E-state index in [1.54, 1.807) is 51.8 Å². The number of benzene rings is 1. The van der Waals surface area contributed by atoms with Crippen molar-refractivity contribution in [3.05, 3.63) is 30.5 Å². The normalized spacial score (nSPS) is 13.8. The second-order valence-electron chi connectivity index (χ2n) is 7.84. The molecular weight excluding hydrogens is 486 g/mol. The van der Waals surface area contributed by atoms with Crippen LogP contribution in [0.3, 0.4) is 0 Å². The molecule has 2 aromatic heterocycles. The standard InChI is InChI=1S/C23H29N7O5S/c1-32-17-12-15(13-18(33-2)21(17)34-3)25-20-14-24-16-4-5-19(26-22(16)27-20)28-23(31)30(36)7-6-29-8-10-35-11-9-29/h4-5,12-14,36H,6-11H2,1-3H3,(H2,25,26,27,28,31). The Balaban J connectivity index is 1.44. The largest absolute Gasteiger partial charge is 0.493 e. The summed E-state index contributed by atoms with van der Waals surface area (Å²) in [4.78, 5) is 28.2. The predicted molar refractivity (Wildman–Crippen MR) is 139 cm³/mol. The first-order chi connectivity index (χ1) is 17.5. The van der Waals surface area contributed by atoms with Gasteiger partial charge >= 0.3 is 6.03 Å². The van der Waals surface area contributed by atoms with Crippen molar-refractivity contribution in [2.45, 2.75) is 0 Å². The van der Waals surface area contributed by atoms with Crippen LogP contribution >= 0.6 is 12.8 Å². The van der Waals surface area contributed by atoms with Gasteiger partial charge in [-0.1, -0.05) is 12.8 Å². The number of hydrogen-bond acceptors (Lipinski definition) is 11. The van der Waals surface area contributed by atoms with E-state index in [-0.39, 0.29) is 6.03 Å². The zero-order valence-corrected chi connectivity index (χ0v) is 21.2. The highest BCUT2D eigenvalue weighted by molar-refractivity contribution is 7.78. The van der Waals surface area contributed by atoms with Crippen molar-refractivity contribution in [1.29, 1.82) is 0 Å². The van der Waals surface area contributed by atoms with Gasteiger partial charge in [-0.05, 0) is 12.1 Å². The molecular formula is C23H29N7O5S. The fraction of sp³-hybridized carbons (Fsp3) is 0.391. The van der Waals surface area contributed by atoms with E-state index in [2.05, 4.69) is 43.3 Å². The molecule has 1 aliphatic heterocycles. The van der Waals surface area contributed by atoms with E-state index < -0.39 is 0 Å². The van der Waals surface area contributed by atoms with Gasteiger partial charge in [-0.3, -0.25) is 14.5 Å². The van der Waals surface area contributed by atoms with Crippen LogP contribution in [0, 0.1) is 0 Å². The smallest absolute Gasteiger partial charge is 0.332 e. The molecule has 0 bridgehead atoms. The minimum Gasteiger partial charge on any atom is -0.493 e. The number of urea groups is 1. The molecule has 0 spiro atoms. The lowest BCUT2D eigenvalue weighted by Crippen LogP contribution is -2.41. The van der Waals surface area contributed by atoms with Gasteiger partial charge in [0.25, 0.3) is 0 Å². The fourth-order valence-corrected chi connectivity index (χ4v) is 3.80. The van der Waals surface area contributed by atoms with Gasteiger partial charge in [0, 0.05) is 44.0 Å². The number of aromatic nitrogens is 3. The van der Waals surface area contributed by atoms with Gasteiger partial charge in [-0.25, -0.2) is 19.7 Å². The highest BCUT2D eigenvalue weighted by Crippen LogP contribution is 2.40. The van der Waals surface area contributed by atoms with E-state index >= 15 is 0 Å². The van der Waals surface area contributed by atoms with Crippen LogP contribution in [0.15, 0.2) is 30.5 Å². The zero-order chi connectivity index (χ0) is 25.5. The first-order valence-corrected chi connectivity index (χ1v) is 11.7. The first kappa shape index (κ1) is 25.5. The third-order valence-corrected chi connectivity index (χ3v) is 5.93. The lowest BCUT2D eigenvalue weighted by atomic mass is 10.2. The Bertz CT molecular complexity index is 1180. The van der Waals surface area contributed by atoms with Crippen LogP contribution in [0.5, 0.6) is 17.2 Å². The number of nitrogens with one attached hydrogen (secondary N) is 2. The number of rotatable bonds is 9. The molecule has 3 aromatic rings. The van der Waals surface area contributed by atoms with Crippen molar-refractivity contribution in [2.75, 3.05) is 71.4 Å². The molecule has 1 aromatic carbocycles. The van der Waals surface area contributed by atoms with Crippen LogP contribution in [0.4, 0.5) is 22.1 Å². The van der Waals surface area contributed by atoms with E-state index in [0.717, 1.165) is 13.1 Å². The lowest BCUT2D eigenvalue weighted by Gasteiger charge is -2.28. The molecule has 1 aliphatic rings. The molecule has 192 valence electrons. The summed E-state index contributed by atoms with van der Waals surface area (Å²) in [5, 5.41) is 5.93. The maximum atomic E-state index is 12.6. The van der Waals surface area contributed by atoms with Crippen LogP contribution < -0.4 is 24.8 Å². The van der Waals surface area contributed by atoms with Gasteiger partial charge in [0.05, 0.1) is 40.7 Å². The minimum atomic E-state index is -0.377. The Morgan fingerprint density at radius 1 is 1.08 bits per heavy atom. The summed E-state index contributed by atoms with van der Waals surface area (Å²) in [5.74, 6) is 2.29. The first-order valence-electron chi connectivity index (χ1n) is 11.3. The zero-order valence-electron chi connectivity index (χ0n) is 20.4. The molecule has 0 unspecified atom stereocenters. The predicted octanol–water partition coefficient (Wildman–Crippen LogP) is 2.81. The Morgan fingerprint density at radius 3 is 2.44 bits per heavy atom. The number of carbonyl (C=O) groups excluding carboxylic acids is 1. The lowest BCUT2D eigenvalue weighted by molar-refractivity contribution is 0.0373. The van der Waals surface area contributed by atoms with Crippen LogP contribution in [0.2, 0.25) is 0 Å². The maximum Gasteiger partial charge on any atom is 0.332 e. The summed E-state index contributed by atoms with van der Waals surface area (Å²) in [6.07, 6.45) is 1.59. The Hall–Kier alpha value is -3.55. The van der Waals surface area contributed by atoms with Crippen LogP contribution in [-0.4, -0.2) is 90.9 Å². The van der Waals surface area contributed by atoms with E-state index in [1.807, 2.05) is 0 Å². The summed E-state index contributed by atoms with van der Waals surface area (Å²) in [6, 6.07) is 6.55. The molecule has 1 fully saturated rings. The number of nitrogens with zero attached hydrogens (tertiary/aromatic N) is 5. The quantitative estimate of drug-likeness (QED) is 0.367. The summed E-state index contributed by atoms with van der Waals surface area (Å²) in [7, 11) is 4.64. The van der Waals surface area contributed by atoms with E-state index in [1.165, 1.54) is 4.31 Å². The molecule has 13 heteroatoms. The van der Waals surface area contributed by atoms with Crippen LogP contribution in [-0.2, 0) is 4.74 Å². The molecule has 2 N–H and O–H groups in total. The number of thiol groups is 1. The summed E-state index contributed by atoms with van der Waals surface area (Å²) in [5.41, 5.74) is 1.61. The molecule has 4 rings (SSSR count). The molecule has 1 saturated heterocycles. The highest BCUT2D eigenvalue weighted by Gasteiger charge is 2.16. The maximum absolute atomic E-state index is 12.6. The van der Waals surface area contributed by atoms with E-state index in [9.17, 15) is 4.79 Å². The average molecular weight is 516 g/mol. The SMILES string of the molecule is COc1cc(Nc2cnc3ccc(NC(=O)N(S)CCN4CCOCC4)nc3n2)cc(OC)c1OC. The van der Waals surface area contributed by atoms with Gasteiger partial charge < -0.3 is 24.3 Å². The number of hydrogen-bond donors (Lipinski definition) is 3. The van der Waals surface area contributed by atoms with Crippen molar-refractivity contribution >= 4 is 47.3 Å². The summed E-state index contributed by atoms with van der Waals surface area (Å²) in [6.45, 7) is 4.29. The Morgan fingerprint density at radius 2 is 1.78 bits per heavy atom. The second kappa shape index (κ2) is 11.9. The molecule has 0 atom stereocenters. The summed E-state index contributed by atoms with van der Waals surface area (Å²) < 4.78 is 22.8. The number of amides is 2. The Kier molecular flexibility index (Phi) is 8.46. The van der Waals surface area contributed by atoms with Gasteiger partial charge in [-0.15, -0.1) is 0 Å². The second-order valence-corrected chi connectivity index (χ2v) is 8.32. The molecule has 0 aliphatic carbocycles. The number of fused-ring (bicyclic) bond motifs is 1. The topological polar surface area (TPSA) is 123 Å². The highest BCUT2D eigenvalue weighted by atomic mass is 32.1. The van der Waals surface area contributed by atoms with Gasteiger partial charge in [-0.2, -0.15) is 0 Å². The number of morpholine rings is 1. The minimum absolute atomic E-state index is 0.345. The number of methoxy groups -OCH3 is 3. The van der Waals surface area contributed by atoms with Crippen LogP contribution in [0.25, 0.3) is 11.2 Å². The molecule has 12 nitrogen and oxygen atoms in total. The molecule has 3 heterocycles. The van der Waals surface area contributed by atoms with Crippen molar-refractivity contribution < 1.29 is 23.7 Å². The number of carbonyl (C=O) groups is 1.